The summed E-state index contributed by atoms with van der Waals surface area (Å²) in [6.45, 7) is 2.56. The molecule has 4 aliphatic rings. The molecule has 1 N–H and O–H groups in total. The molecule has 5 heterocycles. The minimum Gasteiger partial charge on any atom is -0.342 e. The van der Waals surface area contributed by atoms with Gasteiger partial charge >= 0.3 is 0 Å². The van der Waals surface area contributed by atoms with Crippen LogP contribution in [0.5, 0.6) is 0 Å². The number of hydrogen-bond donors (Lipinski definition) is 1. The Morgan fingerprint density at radius 1 is 1.06 bits per heavy atom. The maximum absolute atomic E-state index is 13.4. The first-order valence-corrected chi connectivity index (χ1v) is 11.4. The Kier molecular flexibility index (Phi) is 4.30. The molecule has 3 amide bonds. The lowest BCUT2D eigenvalue weighted by molar-refractivity contribution is -0.150. The second kappa shape index (κ2) is 7.07. The standard InChI is InChI=1S/C23H27N5O3/c29-20-7-3-6-19-15-8-14(11-27(19)20)10-26(12-15)23(31)16-9-21(30)28(13-16)22-17-4-1-2-5-18(17)24-25-22/h1-2,4-5,14-16,19H,3,6-13H2,(H,24,25). The zero-order valence-corrected chi connectivity index (χ0v) is 17.5. The summed E-state index contributed by atoms with van der Waals surface area (Å²) in [5.74, 6) is 1.33. The zero-order chi connectivity index (χ0) is 21.1. The summed E-state index contributed by atoms with van der Waals surface area (Å²) in [5, 5.41) is 8.23. The molecule has 4 aliphatic heterocycles. The fraction of sp³-hybridized carbons (Fsp3) is 0.565. The smallest absolute Gasteiger partial charge is 0.229 e. The van der Waals surface area contributed by atoms with Crippen molar-refractivity contribution in [2.45, 2.75) is 38.1 Å². The highest BCUT2D eigenvalue weighted by Gasteiger charge is 2.47. The van der Waals surface area contributed by atoms with Crippen molar-refractivity contribution in [2.75, 3.05) is 31.1 Å². The van der Waals surface area contributed by atoms with Crippen LogP contribution in [-0.4, -0.2) is 69.9 Å². The summed E-state index contributed by atoms with van der Waals surface area (Å²) < 4.78 is 0. The van der Waals surface area contributed by atoms with Gasteiger partial charge in [0.25, 0.3) is 0 Å². The molecule has 8 nitrogen and oxygen atoms in total. The summed E-state index contributed by atoms with van der Waals surface area (Å²) in [4.78, 5) is 44.3. The molecule has 4 fully saturated rings. The van der Waals surface area contributed by atoms with Gasteiger partial charge in [-0.2, -0.15) is 5.10 Å². The number of anilines is 1. The van der Waals surface area contributed by atoms with Crippen LogP contribution in [0, 0.1) is 17.8 Å². The summed E-state index contributed by atoms with van der Waals surface area (Å²) in [5.41, 5.74) is 0.885. The van der Waals surface area contributed by atoms with Crippen LogP contribution in [0.4, 0.5) is 5.82 Å². The van der Waals surface area contributed by atoms with Gasteiger partial charge < -0.3 is 9.80 Å². The number of likely N-dealkylation sites (tertiary alicyclic amines) is 1. The number of hydrogen-bond acceptors (Lipinski definition) is 4. The van der Waals surface area contributed by atoms with E-state index in [1.807, 2.05) is 29.2 Å². The molecular formula is C23H27N5O3. The third-order valence-corrected chi connectivity index (χ3v) is 7.67. The molecule has 4 atom stereocenters. The SMILES string of the molecule is O=C(C1CC(=O)N(c2n[nH]c3ccccc23)C1)N1CC2CC(C1)C1CCCC(=O)N1C2. The number of carbonyl (C=O) groups excluding carboxylic acids is 3. The first-order valence-electron chi connectivity index (χ1n) is 11.4. The Balaban J connectivity index is 1.18. The molecule has 4 saturated heterocycles. The Morgan fingerprint density at radius 3 is 2.84 bits per heavy atom. The van der Waals surface area contributed by atoms with Crippen molar-refractivity contribution in [3.05, 3.63) is 24.3 Å². The molecule has 1 aromatic carbocycles. The second-order valence-electron chi connectivity index (χ2n) is 9.61. The van der Waals surface area contributed by atoms with Crippen molar-refractivity contribution in [3.63, 3.8) is 0 Å². The largest absolute Gasteiger partial charge is 0.342 e. The Labute approximate surface area is 180 Å². The molecule has 6 rings (SSSR count). The van der Waals surface area contributed by atoms with Gasteiger partial charge in [0.15, 0.2) is 5.82 Å². The van der Waals surface area contributed by atoms with E-state index in [0.29, 0.717) is 43.7 Å². The van der Waals surface area contributed by atoms with Crippen LogP contribution >= 0.6 is 0 Å². The first-order chi connectivity index (χ1) is 15.1. The summed E-state index contributed by atoms with van der Waals surface area (Å²) in [6.07, 6.45) is 4.01. The van der Waals surface area contributed by atoms with Crippen molar-refractivity contribution < 1.29 is 14.4 Å². The van der Waals surface area contributed by atoms with Crippen LogP contribution in [-0.2, 0) is 14.4 Å². The molecule has 4 unspecified atom stereocenters. The van der Waals surface area contributed by atoms with Gasteiger partial charge in [-0.3, -0.25) is 24.4 Å². The molecule has 0 aliphatic carbocycles. The molecular weight excluding hydrogens is 394 g/mol. The molecule has 162 valence electrons. The first kappa shape index (κ1) is 18.8. The van der Waals surface area contributed by atoms with Gasteiger partial charge in [-0.05, 0) is 43.2 Å². The van der Waals surface area contributed by atoms with E-state index in [2.05, 4.69) is 15.1 Å². The maximum atomic E-state index is 13.4. The lowest BCUT2D eigenvalue weighted by Crippen LogP contribution is -2.61. The highest BCUT2D eigenvalue weighted by Crippen LogP contribution is 2.39. The summed E-state index contributed by atoms with van der Waals surface area (Å²) in [6, 6.07) is 8.01. The third-order valence-electron chi connectivity index (χ3n) is 7.67. The lowest BCUT2D eigenvalue weighted by atomic mass is 9.75. The number of nitrogens with one attached hydrogen (secondary N) is 1. The molecule has 0 spiro atoms. The van der Waals surface area contributed by atoms with Gasteiger partial charge in [-0.15, -0.1) is 0 Å². The highest BCUT2D eigenvalue weighted by atomic mass is 16.2. The topological polar surface area (TPSA) is 89.6 Å². The van der Waals surface area contributed by atoms with Crippen molar-refractivity contribution >= 4 is 34.4 Å². The predicted octanol–water partition coefficient (Wildman–Crippen LogP) is 1.78. The van der Waals surface area contributed by atoms with Crippen LogP contribution in [0.1, 0.15) is 32.1 Å². The number of benzene rings is 1. The van der Waals surface area contributed by atoms with E-state index in [-0.39, 0.29) is 36.1 Å². The molecule has 31 heavy (non-hydrogen) atoms. The normalized spacial score (nSPS) is 30.8. The van der Waals surface area contributed by atoms with Crippen molar-refractivity contribution in [1.29, 1.82) is 0 Å². The number of aromatic amines is 1. The van der Waals surface area contributed by atoms with Crippen LogP contribution in [0.25, 0.3) is 10.9 Å². The monoisotopic (exact) mass is 421 g/mol. The van der Waals surface area contributed by atoms with Crippen molar-refractivity contribution in [3.8, 4) is 0 Å². The summed E-state index contributed by atoms with van der Waals surface area (Å²) in [7, 11) is 0. The highest BCUT2D eigenvalue weighted by molar-refractivity contribution is 6.05. The van der Waals surface area contributed by atoms with Crippen LogP contribution in [0.3, 0.4) is 0 Å². The van der Waals surface area contributed by atoms with Gasteiger partial charge in [0.05, 0.1) is 11.4 Å². The fourth-order valence-electron chi connectivity index (χ4n) is 6.28. The van der Waals surface area contributed by atoms with Crippen LogP contribution in [0.15, 0.2) is 24.3 Å². The van der Waals surface area contributed by atoms with E-state index in [4.69, 9.17) is 0 Å². The minimum atomic E-state index is -0.328. The zero-order valence-electron chi connectivity index (χ0n) is 17.5. The molecule has 2 bridgehead atoms. The summed E-state index contributed by atoms with van der Waals surface area (Å²) >= 11 is 0. The van der Waals surface area contributed by atoms with Crippen LogP contribution in [0.2, 0.25) is 0 Å². The van der Waals surface area contributed by atoms with E-state index in [9.17, 15) is 14.4 Å². The Hall–Kier alpha value is -2.90. The van der Waals surface area contributed by atoms with Gasteiger partial charge in [0.2, 0.25) is 17.7 Å². The van der Waals surface area contributed by atoms with E-state index >= 15 is 0 Å². The van der Waals surface area contributed by atoms with E-state index in [1.165, 1.54) is 0 Å². The quantitative estimate of drug-likeness (QED) is 0.800. The molecule has 2 aromatic rings. The van der Waals surface area contributed by atoms with E-state index < -0.39 is 0 Å². The van der Waals surface area contributed by atoms with Gasteiger partial charge in [0.1, 0.15) is 0 Å². The Bertz CT molecular complexity index is 1060. The minimum absolute atomic E-state index is 0.0446. The second-order valence-corrected chi connectivity index (χ2v) is 9.61. The fourth-order valence-corrected chi connectivity index (χ4v) is 6.28. The number of fused-ring (bicyclic) bond motifs is 5. The van der Waals surface area contributed by atoms with Gasteiger partial charge in [-0.25, -0.2) is 0 Å². The molecule has 1 aromatic heterocycles. The molecule has 0 saturated carbocycles. The number of rotatable bonds is 2. The maximum Gasteiger partial charge on any atom is 0.229 e. The van der Waals surface area contributed by atoms with Crippen LogP contribution < -0.4 is 4.90 Å². The number of para-hydroxylation sites is 1. The molecule has 0 radical (unpaired) electrons. The lowest BCUT2D eigenvalue weighted by Gasteiger charge is -2.52. The van der Waals surface area contributed by atoms with E-state index in [0.717, 1.165) is 36.7 Å². The van der Waals surface area contributed by atoms with Gasteiger partial charge in [-0.1, -0.05) is 12.1 Å². The average molecular weight is 422 g/mol. The number of nitrogens with zero attached hydrogens (tertiary/aromatic N) is 4. The van der Waals surface area contributed by atoms with E-state index in [1.54, 1.807) is 4.90 Å². The number of piperidine rings is 3. The number of carbonyl (C=O) groups is 3. The van der Waals surface area contributed by atoms with Gasteiger partial charge in [0, 0.05) is 50.4 Å². The number of H-pyrrole nitrogens is 1. The number of amides is 3. The predicted molar refractivity (Wildman–Crippen MR) is 114 cm³/mol. The molecule has 8 heteroatoms. The third kappa shape index (κ3) is 3.03. The Morgan fingerprint density at radius 2 is 1.94 bits per heavy atom. The number of aromatic nitrogens is 2. The van der Waals surface area contributed by atoms with Crippen molar-refractivity contribution in [2.24, 2.45) is 17.8 Å². The van der Waals surface area contributed by atoms with Crippen molar-refractivity contribution in [1.82, 2.24) is 20.0 Å². The average Bonchev–Trinajstić information content (AvgIpc) is 3.37.